The summed E-state index contributed by atoms with van der Waals surface area (Å²) < 4.78 is 41.1. The Labute approximate surface area is 153 Å². The summed E-state index contributed by atoms with van der Waals surface area (Å²) in [6.07, 6.45) is -0.781. The lowest BCUT2D eigenvalue weighted by molar-refractivity contribution is -0.154. The molecule has 0 aliphatic carbocycles. The second-order valence-corrected chi connectivity index (χ2v) is 6.59. The Morgan fingerprint density at radius 2 is 2.15 bits per heavy atom. The third-order valence-electron chi connectivity index (χ3n) is 4.03. The summed E-state index contributed by atoms with van der Waals surface area (Å²) in [5.41, 5.74) is 5.32. The van der Waals surface area contributed by atoms with Crippen LogP contribution in [-0.4, -0.2) is 47.6 Å². The predicted molar refractivity (Wildman–Crippen MR) is 87.9 cm³/mol. The normalized spacial score (nSPS) is 17.8. The molecule has 26 heavy (non-hydrogen) atoms. The van der Waals surface area contributed by atoms with Gasteiger partial charge in [-0.25, -0.2) is 4.98 Å². The van der Waals surface area contributed by atoms with Crippen LogP contribution in [0.1, 0.15) is 36.0 Å². The number of carbonyl (C=O) groups excluding carboxylic acids is 2. The van der Waals surface area contributed by atoms with Gasteiger partial charge in [-0.1, -0.05) is 11.6 Å². The largest absolute Gasteiger partial charge is 0.467 e. The van der Waals surface area contributed by atoms with Crippen LogP contribution < -0.4 is 10.5 Å². The molecule has 144 valence electrons. The molecule has 0 aromatic carbocycles. The predicted octanol–water partition coefficient (Wildman–Crippen LogP) is 2.79. The number of piperidine rings is 1. The van der Waals surface area contributed by atoms with Gasteiger partial charge in [-0.3, -0.25) is 9.59 Å². The first-order chi connectivity index (χ1) is 12.2. The van der Waals surface area contributed by atoms with Crippen molar-refractivity contribution in [2.45, 2.75) is 31.9 Å². The molecule has 2 rings (SSSR count). The zero-order valence-corrected chi connectivity index (χ0v) is 14.6. The molecular weight excluding hydrogens is 375 g/mol. The van der Waals surface area contributed by atoms with Gasteiger partial charge in [-0.05, 0) is 31.2 Å². The van der Waals surface area contributed by atoms with Crippen LogP contribution in [0.4, 0.5) is 13.2 Å². The van der Waals surface area contributed by atoms with Gasteiger partial charge in [0.1, 0.15) is 5.02 Å². The molecule has 1 saturated heterocycles. The van der Waals surface area contributed by atoms with Crippen LogP contribution in [0.3, 0.4) is 0 Å². The molecule has 1 aliphatic rings. The highest BCUT2D eigenvalue weighted by molar-refractivity contribution is 6.32. The molecule has 2 N–H and O–H groups in total. The van der Waals surface area contributed by atoms with Crippen LogP contribution in [0.2, 0.25) is 5.02 Å². The van der Waals surface area contributed by atoms with Gasteiger partial charge in [0.25, 0.3) is 5.91 Å². The highest BCUT2D eigenvalue weighted by Gasteiger charge is 2.29. The molecule has 10 heteroatoms. The average molecular weight is 394 g/mol. The number of hydrogen-bond acceptors (Lipinski definition) is 4. The zero-order chi connectivity index (χ0) is 19.3. The van der Waals surface area contributed by atoms with E-state index >= 15 is 0 Å². The Hall–Kier alpha value is -2.03. The first kappa shape index (κ1) is 20.3. The van der Waals surface area contributed by atoms with Gasteiger partial charge in [0.15, 0.2) is 6.61 Å². The molecule has 1 fully saturated rings. The third-order valence-corrected chi connectivity index (χ3v) is 4.30. The number of ether oxygens (including phenoxy) is 1. The number of nitrogens with zero attached hydrogens (tertiary/aromatic N) is 2. The van der Waals surface area contributed by atoms with Gasteiger partial charge < -0.3 is 15.4 Å². The molecule has 1 unspecified atom stereocenters. The number of carbonyl (C=O) groups is 2. The standard InChI is InChI=1S/C16H19ClF3N3O3/c17-12-6-11(7-22-14(12)26-9-16(18,19)20)15(25)23-5-1-2-10(8-23)3-4-13(21)24/h6-7,10H,1-5,8-9H2,(H2,21,24). The van der Waals surface area contributed by atoms with Gasteiger partial charge in [-0.2, -0.15) is 13.2 Å². The molecule has 6 nitrogen and oxygen atoms in total. The van der Waals surface area contributed by atoms with Crippen molar-refractivity contribution >= 4 is 23.4 Å². The van der Waals surface area contributed by atoms with Crippen molar-refractivity contribution in [2.75, 3.05) is 19.7 Å². The fraction of sp³-hybridized carbons (Fsp3) is 0.562. The maximum Gasteiger partial charge on any atom is 0.422 e. The minimum atomic E-state index is -4.51. The number of amides is 2. The van der Waals surface area contributed by atoms with E-state index in [0.717, 1.165) is 19.0 Å². The monoisotopic (exact) mass is 393 g/mol. The minimum absolute atomic E-state index is 0.164. The van der Waals surface area contributed by atoms with E-state index < -0.39 is 12.8 Å². The fourth-order valence-electron chi connectivity index (χ4n) is 2.81. The van der Waals surface area contributed by atoms with Crippen molar-refractivity contribution in [2.24, 2.45) is 11.7 Å². The number of alkyl halides is 3. The Kier molecular flexibility index (Phi) is 6.69. The first-order valence-electron chi connectivity index (χ1n) is 8.08. The lowest BCUT2D eigenvalue weighted by Crippen LogP contribution is -2.40. The molecule has 0 spiro atoms. The average Bonchev–Trinajstić information content (AvgIpc) is 2.57. The third kappa shape index (κ3) is 6.05. The Balaban J connectivity index is 2.00. The lowest BCUT2D eigenvalue weighted by Gasteiger charge is -2.32. The van der Waals surface area contributed by atoms with E-state index in [0.29, 0.717) is 19.5 Å². The van der Waals surface area contributed by atoms with Gasteiger partial charge in [0.2, 0.25) is 11.8 Å². The van der Waals surface area contributed by atoms with Crippen molar-refractivity contribution in [3.05, 3.63) is 22.8 Å². The molecule has 2 heterocycles. The first-order valence-corrected chi connectivity index (χ1v) is 8.46. The highest BCUT2D eigenvalue weighted by Crippen LogP contribution is 2.27. The molecule has 1 atom stereocenters. The fourth-order valence-corrected chi connectivity index (χ4v) is 3.03. The summed E-state index contributed by atoms with van der Waals surface area (Å²) in [6.45, 7) is -0.480. The van der Waals surface area contributed by atoms with E-state index in [9.17, 15) is 22.8 Å². The molecule has 1 aromatic heterocycles. The summed E-state index contributed by atoms with van der Waals surface area (Å²) in [5, 5.41) is -0.164. The van der Waals surface area contributed by atoms with Gasteiger partial charge in [0, 0.05) is 25.7 Å². The van der Waals surface area contributed by atoms with Gasteiger partial charge in [-0.15, -0.1) is 0 Å². The molecule has 1 aromatic rings. The van der Waals surface area contributed by atoms with Gasteiger partial charge >= 0.3 is 6.18 Å². The number of hydrogen-bond donors (Lipinski definition) is 1. The van der Waals surface area contributed by atoms with Crippen molar-refractivity contribution in [1.82, 2.24) is 9.88 Å². The molecule has 2 amide bonds. The summed E-state index contributed by atoms with van der Waals surface area (Å²) in [6, 6.07) is 1.25. The van der Waals surface area contributed by atoms with Crippen molar-refractivity contribution in [3.63, 3.8) is 0 Å². The number of aromatic nitrogens is 1. The summed E-state index contributed by atoms with van der Waals surface area (Å²) in [4.78, 5) is 28.8. The summed E-state index contributed by atoms with van der Waals surface area (Å²) in [5.74, 6) is -0.888. The Morgan fingerprint density at radius 1 is 1.42 bits per heavy atom. The maximum absolute atomic E-state index is 12.6. The molecule has 1 aliphatic heterocycles. The quantitative estimate of drug-likeness (QED) is 0.805. The van der Waals surface area contributed by atoms with Crippen LogP contribution >= 0.6 is 11.6 Å². The van der Waals surface area contributed by atoms with Crippen LogP contribution in [0.15, 0.2) is 12.3 Å². The van der Waals surface area contributed by atoms with E-state index in [-0.39, 0.29) is 40.6 Å². The van der Waals surface area contributed by atoms with E-state index in [1.165, 1.54) is 6.07 Å². The Bertz CT molecular complexity index is 670. The SMILES string of the molecule is NC(=O)CCC1CCCN(C(=O)c2cnc(OCC(F)(F)F)c(Cl)c2)C1. The smallest absolute Gasteiger partial charge is 0.422 e. The second kappa shape index (κ2) is 8.57. The number of likely N-dealkylation sites (tertiary alicyclic amines) is 1. The van der Waals surface area contributed by atoms with Crippen LogP contribution in [0, 0.1) is 5.92 Å². The van der Waals surface area contributed by atoms with Crippen LogP contribution in [0.25, 0.3) is 0 Å². The number of nitrogens with two attached hydrogens (primary N) is 1. The molecule has 0 radical (unpaired) electrons. The van der Waals surface area contributed by atoms with Crippen molar-refractivity contribution in [1.29, 1.82) is 0 Å². The summed E-state index contributed by atoms with van der Waals surface area (Å²) >= 11 is 5.88. The Morgan fingerprint density at radius 3 is 2.77 bits per heavy atom. The molecule has 0 bridgehead atoms. The molecule has 0 saturated carbocycles. The van der Waals surface area contributed by atoms with E-state index in [4.69, 9.17) is 17.3 Å². The maximum atomic E-state index is 12.6. The number of halogens is 4. The zero-order valence-electron chi connectivity index (χ0n) is 13.9. The highest BCUT2D eigenvalue weighted by atomic mass is 35.5. The van der Waals surface area contributed by atoms with Crippen LogP contribution in [0.5, 0.6) is 5.88 Å². The van der Waals surface area contributed by atoms with E-state index in [2.05, 4.69) is 9.72 Å². The van der Waals surface area contributed by atoms with Crippen molar-refractivity contribution < 1.29 is 27.5 Å². The second-order valence-electron chi connectivity index (χ2n) is 6.18. The summed E-state index contributed by atoms with van der Waals surface area (Å²) in [7, 11) is 0. The van der Waals surface area contributed by atoms with E-state index in [1.54, 1.807) is 4.90 Å². The lowest BCUT2D eigenvalue weighted by atomic mass is 9.93. The van der Waals surface area contributed by atoms with Crippen molar-refractivity contribution in [3.8, 4) is 5.88 Å². The number of primary amides is 1. The van der Waals surface area contributed by atoms with Gasteiger partial charge in [0.05, 0.1) is 5.56 Å². The number of pyridine rings is 1. The number of rotatable bonds is 6. The molecular formula is C16H19ClF3N3O3. The topological polar surface area (TPSA) is 85.5 Å². The minimum Gasteiger partial charge on any atom is -0.467 e. The van der Waals surface area contributed by atoms with E-state index in [1.807, 2.05) is 0 Å². The van der Waals surface area contributed by atoms with Crippen LogP contribution in [-0.2, 0) is 4.79 Å².